The number of aromatic nitrogens is 2. The van der Waals surface area contributed by atoms with Crippen LogP contribution in [0.25, 0.3) is 22.4 Å². The molecule has 0 spiro atoms. The van der Waals surface area contributed by atoms with Gasteiger partial charge in [-0.3, -0.25) is 0 Å². The molecule has 7 heteroatoms. The van der Waals surface area contributed by atoms with Gasteiger partial charge in [-0.2, -0.15) is 0 Å². The summed E-state index contributed by atoms with van der Waals surface area (Å²) < 4.78 is 32.6. The summed E-state index contributed by atoms with van der Waals surface area (Å²) in [5, 5.41) is 4.65. The topological polar surface area (TPSA) is 55.2 Å². The Balaban J connectivity index is 1.15. The fraction of sp³-hybridized carbons (Fsp3) is 0.0200. The van der Waals surface area contributed by atoms with E-state index in [0.29, 0.717) is 0 Å². The van der Waals surface area contributed by atoms with Crippen LogP contribution in [-0.2, 0) is 16.2 Å². The SMILES string of the molecule is Cn1c(-c2ccc(N(c3ccc(P(=O)(c4ccccc4)c4ccccc4)cc3)c3ccc(P(=O)(c4ccccc4)c4ccccc4)cc3)cc2)nc2ccccc21. The molecule has 276 valence electrons. The van der Waals surface area contributed by atoms with Crippen molar-refractivity contribution in [3.8, 4) is 11.4 Å². The number of benzene rings is 8. The summed E-state index contributed by atoms with van der Waals surface area (Å²) in [5.74, 6) is 0.887. The van der Waals surface area contributed by atoms with Crippen LogP contribution in [0.2, 0.25) is 0 Å². The highest BCUT2D eigenvalue weighted by atomic mass is 31.2. The lowest BCUT2D eigenvalue weighted by Crippen LogP contribution is -2.25. The maximum absolute atomic E-state index is 15.2. The standard InChI is InChI=1S/C50H39N3O2P2/c1-52-49-25-15-14-24-48(49)51-50(52)38-26-28-39(29-27-38)53(40-30-34-46(35-31-40)56(54,42-16-6-2-7-17-42)43-18-8-3-9-19-43)41-32-36-47(37-33-41)57(55,44-20-10-4-11-21-44)45-22-12-5-13-23-45/h2-37H,1H3. The molecule has 0 aliphatic heterocycles. The van der Waals surface area contributed by atoms with Crippen molar-refractivity contribution >= 4 is 74.2 Å². The Morgan fingerprint density at radius 2 is 0.702 bits per heavy atom. The first-order valence-corrected chi connectivity index (χ1v) is 22.3. The lowest BCUT2D eigenvalue weighted by Gasteiger charge is -2.27. The summed E-state index contributed by atoms with van der Waals surface area (Å²) in [5.41, 5.74) is 5.74. The third-order valence-electron chi connectivity index (χ3n) is 10.6. The first-order chi connectivity index (χ1) is 27.9. The van der Waals surface area contributed by atoms with Crippen molar-refractivity contribution in [2.24, 2.45) is 7.05 Å². The third kappa shape index (κ3) is 6.55. The highest BCUT2D eigenvalue weighted by molar-refractivity contribution is 7.85. The second-order valence-corrected chi connectivity index (χ2v) is 19.5. The predicted octanol–water partition coefficient (Wildman–Crippen LogP) is 9.99. The summed E-state index contributed by atoms with van der Waals surface area (Å²) in [6.45, 7) is 0. The molecule has 9 aromatic rings. The summed E-state index contributed by atoms with van der Waals surface area (Å²) >= 11 is 0. The Morgan fingerprint density at radius 3 is 1.07 bits per heavy atom. The fourth-order valence-corrected chi connectivity index (χ4v) is 13.0. The van der Waals surface area contributed by atoms with Gasteiger partial charge in [0, 0.05) is 61.5 Å². The Kier molecular flexibility index (Phi) is 9.64. The molecule has 9 rings (SSSR count). The maximum Gasteiger partial charge on any atom is 0.171 e. The molecule has 0 aliphatic carbocycles. The Bertz CT molecular complexity index is 2650. The average molecular weight is 776 g/mol. The van der Waals surface area contributed by atoms with Crippen LogP contribution in [0.5, 0.6) is 0 Å². The van der Waals surface area contributed by atoms with E-state index in [0.717, 1.165) is 71.3 Å². The molecule has 0 saturated heterocycles. The van der Waals surface area contributed by atoms with Crippen LogP contribution in [0.1, 0.15) is 0 Å². The first kappa shape index (κ1) is 36.1. The smallest absolute Gasteiger partial charge is 0.171 e. The minimum atomic E-state index is -3.17. The number of imidazole rings is 1. The number of rotatable bonds is 10. The quantitative estimate of drug-likeness (QED) is 0.130. The lowest BCUT2D eigenvalue weighted by molar-refractivity contribution is 0.591. The molecule has 0 saturated carbocycles. The van der Waals surface area contributed by atoms with Crippen molar-refractivity contribution in [3.05, 3.63) is 218 Å². The van der Waals surface area contributed by atoms with Gasteiger partial charge < -0.3 is 18.6 Å². The molecule has 5 nitrogen and oxygen atoms in total. The van der Waals surface area contributed by atoms with Gasteiger partial charge >= 0.3 is 0 Å². The zero-order chi connectivity index (χ0) is 38.8. The number of hydrogen-bond acceptors (Lipinski definition) is 4. The van der Waals surface area contributed by atoms with Gasteiger partial charge in [-0.25, -0.2) is 4.98 Å². The highest BCUT2D eigenvalue weighted by Crippen LogP contribution is 2.45. The molecule has 0 amide bonds. The van der Waals surface area contributed by atoms with Crippen LogP contribution < -0.4 is 36.7 Å². The van der Waals surface area contributed by atoms with E-state index in [-0.39, 0.29) is 0 Å². The highest BCUT2D eigenvalue weighted by Gasteiger charge is 2.31. The number of hydrogen-bond donors (Lipinski definition) is 0. The number of fused-ring (bicyclic) bond motifs is 1. The van der Waals surface area contributed by atoms with Gasteiger partial charge in [0.15, 0.2) is 14.3 Å². The molecule has 0 atom stereocenters. The van der Waals surface area contributed by atoms with Crippen molar-refractivity contribution in [2.45, 2.75) is 0 Å². The third-order valence-corrected chi connectivity index (χ3v) is 16.7. The molecule has 0 unspecified atom stereocenters. The van der Waals surface area contributed by atoms with Crippen LogP contribution in [0.4, 0.5) is 17.1 Å². The van der Waals surface area contributed by atoms with E-state index in [1.165, 1.54) is 0 Å². The van der Waals surface area contributed by atoms with E-state index in [2.05, 4.69) is 39.8 Å². The molecule has 0 fully saturated rings. The van der Waals surface area contributed by atoms with Crippen molar-refractivity contribution in [2.75, 3.05) is 4.90 Å². The second kappa shape index (κ2) is 15.2. The monoisotopic (exact) mass is 775 g/mol. The van der Waals surface area contributed by atoms with Gasteiger partial charge in [-0.1, -0.05) is 133 Å². The average Bonchev–Trinajstić information content (AvgIpc) is 3.63. The molecule has 1 heterocycles. The maximum atomic E-state index is 15.2. The summed E-state index contributed by atoms with van der Waals surface area (Å²) in [7, 11) is -4.30. The number of nitrogens with zero attached hydrogens (tertiary/aromatic N) is 3. The van der Waals surface area contributed by atoms with E-state index in [9.17, 15) is 0 Å². The zero-order valence-electron chi connectivity index (χ0n) is 31.3. The van der Waals surface area contributed by atoms with Crippen LogP contribution >= 0.6 is 14.3 Å². The zero-order valence-corrected chi connectivity index (χ0v) is 33.1. The minimum absolute atomic E-state index is 0.753. The number of anilines is 3. The van der Waals surface area contributed by atoms with Crippen LogP contribution in [-0.4, -0.2) is 9.55 Å². The molecule has 0 radical (unpaired) electrons. The molecule has 1 aromatic heterocycles. The number of aryl methyl sites for hydroxylation is 1. The molecular formula is C50H39N3O2P2. The van der Waals surface area contributed by atoms with E-state index >= 15 is 9.13 Å². The van der Waals surface area contributed by atoms with Crippen molar-refractivity contribution in [3.63, 3.8) is 0 Å². The van der Waals surface area contributed by atoms with Crippen molar-refractivity contribution in [1.82, 2.24) is 9.55 Å². The van der Waals surface area contributed by atoms with Gasteiger partial charge in [0.2, 0.25) is 0 Å². The van der Waals surface area contributed by atoms with Crippen LogP contribution in [0, 0.1) is 0 Å². The van der Waals surface area contributed by atoms with E-state index < -0.39 is 14.3 Å². The molecule has 0 N–H and O–H groups in total. The van der Waals surface area contributed by atoms with Gasteiger partial charge in [-0.05, 0) is 84.9 Å². The Morgan fingerprint density at radius 1 is 0.386 bits per heavy atom. The van der Waals surface area contributed by atoms with Gasteiger partial charge in [0.25, 0.3) is 0 Å². The lowest BCUT2D eigenvalue weighted by atomic mass is 10.1. The van der Waals surface area contributed by atoms with Crippen molar-refractivity contribution < 1.29 is 9.13 Å². The summed E-state index contributed by atoms with van der Waals surface area (Å²) in [6.07, 6.45) is 0. The van der Waals surface area contributed by atoms with Crippen molar-refractivity contribution in [1.29, 1.82) is 0 Å². The number of para-hydroxylation sites is 2. The Hall–Kier alpha value is -6.51. The van der Waals surface area contributed by atoms with E-state index in [1.807, 2.05) is 195 Å². The normalized spacial score (nSPS) is 11.7. The second-order valence-electron chi connectivity index (χ2n) is 14.0. The van der Waals surface area contributed by atoms with Gasteiger partial charge in [0.1, 0.15) is 5.82 Å². The molecular weight excluding hydrogens is 737 g/mol. The summed E-state index contributed by atoms with van der Waals surface area (Å²) in [6, 6.07) is 71.6. The predicted molar refractivity (Wildman–Crippen MR) is 240 cm³/mol. The first-order valence-electron chi connectivity index (χ1n) is 18.9. The van der Waals surface area contributed by atoms with Gasteiger partial charge in [0.05, 0.1) is 11.0 Å². The van der Waals surface area contributed by atoms with E-state index in [1.54, 1.807) is 0 Å². The molecule has 8 aromatic carbocycles. The van der Waals surface area contributed by atoms with Crippen LogP contribution in [0.15, 0.2) is 218 Å². The Labute approximate surface area is 333 Å². The van der Waals surface area contributed by atoms with Gasteiger partial charge in [-0.15, -0.1) is 0 Å². The molecule has 0 bridgehead atoms. The van der Waals surface area contributed by atoms with Crippen LogP contribution in [0.3, 0.4) is 0 Å². The largest absolute Gasteiger partial charge is 0.327 e. The minimum Gasteiger partial charge on any atom is -0.327 e. The fourth-order valence-electron chi connectivity index (χ4n) is 7.68. The molecule has 57 heavy (non-hydrogen) atoms. The summed E-state index contributed by atoms with van der Waals surface area (Å²) in [4.78, 5) is 7.11. The van der Waals surface area contributed by atoms with E-state index in [4.69, 9.17) is 4.98 Å². The molecule has 0 aliphatic rings.